The van der Waals surface area contributed by atoms with Gasteiger partial charge in [-0.1, -0.05) is 17.7 Å². The Labute approximate surface area is 124 Å². The highest BCUT2D eigenvalue weighted by Gasteiger charge is 2.04. The standard InChI is InChI=1S/C15H11ClFN3O/c16-9-4-5-12-13(6-9)19-14(20-15(12)21)8-18-11-3-1-2-10(17)7-11/h1-7,18H,8H2,(H,19,20,21). The fourth-order valence-corrected chi connectivity index (χ4v) is 2.20. The molecule has 2 N–H and O–H groups in total. The van der Waals surface area contributed by atoms with Crippen molar-refractivity contribution in [3.8, 4) is 0 Å². The number of aromatic amines is 1. The average molecular weight is 304 g/mol. The van der Waals surface area contributed by atoms with Crippen molar-refractivity contribution in [2.75, 3.05) is 5.32 Å². The van der Waals surface area contributed by atoms with Crippen molar-refractivity contribution in [2.24, 2.45) is 0 Å². The molecule has 3 aromatic rings. The Hall–Kier alpha value is -2.40. The minimum Gasteiger partial charge on any atom is -0.378 e. The lowest BCUT2D eigenvalue weighted by Crippen LogP contribution is -2.14. The molecule has 21 heavy (non-hydrogen) atoms. The van der Waals surface area contributed by atoms with E-state index >= 15 is 0 Å². The molecule has 0 bridgehead atoms. The van der Waals surface area contributed by atoms with Crippen LogP contribution < -0.4 is 10.9 Å². The lowest BCUT2D eigenvalue weighted by molar-refractivity contribution is 0.628. The van der Waals surface area contributed by atoms with Crippen LogP contribution in [0, 0.1) is 5.82 Å². The summed E-state index contributed by atoms with van der Waals surface area (Å²) in [6.45, 7) is 0.279. The van der Waals surface area contributed by atoms with Gasteiger partial charge in [0, 0.05) is 10.7 Å². The monoisotopic (exact) mass is 303 g/mol. The maximum Gasteiger partial charge on any atom is 0.258 e. The van der Waals surface area contributed by atoms with E-state index in [1.807, 2.05) is 0 Å². The molecule has 0 radical (unpaired) electrons. The SMILES string of the molecule is O=c1[nH]c(CNc2cccc(F)c2)nc2cc(Cl)ccc12. The molecule has 2 aromatic carbocycles. The smallest absolute Gasteiger partial charge is 0.258 e. The fourth-order valence-electron chi connectivity index (χ4n) is 2.03. The highest BCUT2D eigenvalue weighted by Crippen LogP contribution is 2.15. The van der Waals surface area contributed by atoms with E-state index < -0.39 is 0 Å². The number of nitrogens with zero attached hydrogens (tertiary/aromatic N) is 1. The van der Waals surface area contributed by atoms with Crippen molar-refractivity contribution in [1.82, 2.24) is 9.97 Å². The molecule has 0 aliphatic rings. The number of hydrogen-bond acceptors (Lipinski definition) is 3. The van der Waals surface area contributed by atoms with Crippen LogP contribution in [-0.4, -0.2) is 9.97 Å². The molecule has 1 heterocycles. The molecular formula is C15H11ClFN3O. The molecule has 0 aliphatic heterocycles. The van der Waals surface area contributed by atoms with Crippen LogP contribution in [0.15, 0.2) is 47.3 Å². The third-order valence-electron chi connectivity index (χ3n) is 3.00. The zero-order chi connectivity index (χ0) is 14.8. The van der Waals surface area contributed by atoms with E-state index in [0.29, 0.717) is 27.4 Å². The summed E-state index contributed by atoms with van der Waals surface area (Å²) in [5, 5.41) is 4.00. The van der Waals surface area contributed by atoms with Gasteiger partial charge in [0.1, 0.15) is 11.6 Å². The summed E-state index contributed by atoms with van der Waals surface area (Å²) < 4.78 is 13.1. The van der Waals surface area contributed by atoms with Crippen LogP contribution >= 0.6 is 11.6 Å². The maximum atomic E-state index is 13.1. The Kier molecular flexibility index (Phi) is 3.58. The van der Waals surface area contributed by atoms with Crippen LogP contribution in [-0.2, 0) is 6.54 Å². The van der Waals surface area contributed by atoms with Crippen molar-refractivity contribution in [1.29, 1.82) is 0 Å². The molecule has 1 aromatic heterocycles. The van der Waals surface area contributed by atoms with Crippen molar-refractivity contribution in [3.05, 3.63) is 69.5 Å². The van der Waals surface area contributed by atoms with Crippen LogP contribution in [0.25, 0.3) is 10.9 Å². The molecule has 0 atom stereocenters. The Morgan fingerprint density at radius 1 is 1.24 bits per heavy atom. The molecule has 0 spiro atoms. The van der Waals surface area contributed by atoms with Crippen LogP contribution in [0.5, 0.6) is 0 Å². The molecule has 0 saturated carbocycles. The highest BCUT2D eigenvalue weighted by atomic mass is 35.5. The minimum absolute atomic E-state index is 0.229. The van der Waals surface area contributed by atoms with Crippen molar-refractivity contribution >= 4 is 28.2 Å². The summed E-state index contributed by atoms with van der Waals surface area (Å²) in [6, 6.07) is 11.0. The number of nitrogens with one attached hydrogen (secondary N) is 2. The maximum absolute atomic E-state index is 13.1. The number of H-pyrrole nitrogens is 1. The first-order valence-electron chi connectivity index (χ1n) is 6.30. The predicted molar refractivity (Wildman–Crippen MR) is 81.1 cm³/mol. The van der Waals surface area contributed by atoms with E-state index in [-0.39, 0.29) is 17.9 Å². The van der Waals surface area contributed by atoms with Crippen molar-refractivity contribution < 1.29 is 4.39 Å². The zero-order valence-corrected chi connectivity index (χ0v) is 11.6. The average Bonchev–Trinajstić information content (AvgIpc) is 2.45. The molecule has 0 amide bonds. The molecule has 0 fully saturated rings. The lowest BCUT2D eigenvalue weighted by Gasteiger charge is -2.07. The third-order valence-corrected chi connectivity index (χ3v) is 3.24. The fraction of sp³-hybridized carbons (Fsp3) is 0.0667. The van der Waals surface area contributed by atoms with Gasteiger partial charge in [-0.3, -0.25) is 4.79 Å². The van der Waals surface area contributed by atoms with E-state index in [9.17, 15) is 9.18 Å². The Morgan fingerprint density at radius 2 is 2.10 bits per heavy atom. The summed E-state index contributed by atoms with van der Waals surface area (Å²) in [7, 11) is 0. The third kappa shape index (κ3) is 3.03. The van der Waals surface area contributed by atoms with Crippen LogP contribution in [0.3, 0.4) is 0 Å². The van der Waals surface area contributed by atoms with Crippen LogP contribution in [0.2, 0.25) is 5.02 Å². The second-order valence-electron chi connectivity index (χ2n) is 4.54. The Bertz CT molecular complexity index is 863. The van der Waals surface area contributed by atoms with Gasteiger partial charge in [-0.15, -0.1) is 0 Å². The number of benzene rings is 2. The summed E-state index contributed by atoms with van der Waals surface area (Å²) in [5.74, 6) is 0.130. The van der Waals surface area contributed by atoms with Crippen molar-refractivity contribution in [2.45, 2.75) is 6.54 Å². The first-order valence-corrected chi connectivity index (χ1v) is 6.67. The largest absolute Gasteiger partial charge is 0.378 e. The summed E-state index contributed by atoms with van der Waals surface area (Å²) >= 11 is 5.90. The number of fused-ring (bicyclic) bond motifs is 1. The topological polar surface area (TPSA) is 57.8 Å². The van der Waals surface area contributed by atoms with Gasteiger partial charge in [0.05, 0.1) is 17.4 Å². The summed E-state index contributed by atoms with van der Waals surface area (Å²) in [4.78, 5) is 19.0. The van der Waals surface area contributed by atoms with Crippen LogP contribution in [0.4, 0.5) is 10.1 Å². The molecule has 4 nitrogen and oxygen atoms in total. The van der Waals surface area contributed by atoms with E-state index in [1.165, 1.54) is 12.1 Å². The molecule has 6 heteroatoms. The van der Waals surface area contributed by atoms with Gasteiger partial charge in [0.25, 0.3) is 5.56 Å². The van der Waals surface area contributed by atoms with Gasteiger partial charge in [-0.05, 0) is 36.4 Å². The second kappa shape index (κ2) is 5.54. The van der Waals surface area contributed by atoms with Gasteiger partial charge >= 0.3 is 0 Å². The second-order valence-corrected chi connectivity index (χ2v) is 4.97. The van der Waals surface area contributed by atoms with E-state index in [4.69, 9.17) is 11.6 Å². The van der Waals surface area contributed by atoms with Gasteiger partial charge < -0.3 is 10.3 Å². The normalized spacial score (nSPS) is 10.8. The van der Waals surface area contributed by atoms with Gasteiger partial charge in [-0.2, -0.15) is 0 Å². The molecule has 3 rings (SSSR count). The van der Waals surface area contributed by atoms with E-state index in [2.05, 4.69) is 15.3 Å². The Morgan fingerprint density at radius 3 is 2.90 bits per heavy atom. The van der Waals surface area contributed by atoms with E-state index in [0.717, 1.165) is 0 Å². The van der Waals surface area contributed by atoms with Crippen LogP contribution in [0.1, 0.15) is 5.82 Å². The van der Waals surface area contributed by atoms with E-state index in [1.54, 1.807) is 30.3 Å². The predicted octanol–water partition coefficient (Wildman–Crippen LogP) is 3.33. The minimum atomic E-state index is -0.327. The summed E-state index contributed by atoms with van der Waals surface area (Å²) in [6.07, 6.45) is 0. The lowest BCUT2D eigenvalue weighted by atomic mass is 10.2. The Balaban J connectivity index is 1.89. The molecule has 0 aliphatic carbocycles. The number of halogens is 2. The molecule has 0 saturated heterocycles. The number of rotatable bonds is 3. The highest BCUT2D eigenvalue weighted by molar-refractivity contribution is 6.31. The quantitative estimate of drug-likeness (QED) is 0.780. The molecule has 106 valence electrons. The summed E-state index contributed by atoms with van der Waals surface area (Å²) in [5.41, 5.74) is 0.916. The first-order chi connectivity index (χ1) is 10.1. The molecule has 0 unspecified atom stereocenters. The number of aromatic nitrogens is 2. The van der Waals surface area contributed by atoms with Gasteiger partial charge in [0.15, 0.2) is 0 Å². The van der Waals surface area contributed by atoms with Gasteiger partial charge in [-0.25, -0.2) is 9.37 Å². The number of hydrogen-bond donors (Lipinski definition) is 2. The van der Waals surface area contributed by atoms with Gasteiger partial charge in [0.2, 0.25) is 0 Å². The first kappa shape index (κ1) is 13.6. The zero-order valence-electron chi connectivity index (χ0n) is 10.9. The van der Waals surface area contributed by atoms with Crippen molar-refractivity contribution in [3.63, 3.8) is 0 Å². The molecular weight excluding hydrogens is 293 g/mol. The number of anilines is 1.